The van der Waals surface area contributed by atoms with E-state index in [9.17, 15) is 9.36 Å². The number of hydrogen-bond acceptors (Lipinski definition) is 5. The largest absolute Gasteiger partial charge is 0.468 e. The minimum Gasteiger partial charge on any atom is -0.468 e. The van der Waals surface area contributed by atoms with Gasteiger partial charge in [0.1, 0.15) is 11.8 Å². The third kappa shape index (κ3) is 6.73. The van der Waals surface area contributed by atoms with Gasteiger partial charge in [-0.3, -0.25) is 9.32 Å². The van der Waals surface area contributed by atoms with E-state index in [1.165, 1.54) is 7.11 Å². The molecule has 130 valence electrons. The highest BCUT2D eigenvalue weighted by Gasteiger charge is 2.38. The number of carbonyl (C=O) groups excluding carboxylic acids is 1. The van der Waals surface area contributed by atoms with Crippen molar-refractivity contribution in [1.82, 2.24) is 5.09 Å². The first kappa shape index (κ1) is 19.7. The summed E-state index contributed by atoms with van der Waals surface area (Å²) in [7, 11) is -2.51. The standard InChI is InChI=1S/C16H26NO5P/c1-12(2)14(15(18)20-6)17-23(19,22-16(3,4)5)21-13-10-8-7-9-11-13/h7-12,14H,1-6H3,(H,17,19). The van der Waals surface area contributed by atoms with Crippen molar-refractivity contribution < 1.29 is 23.1 Å². The first-order valence-electron chi connectivity index (χ1n) is 7.47. The fourth-order valence-electron chi connectivity index (χ4n) is 1.82. The van der Waals surface area contributed by atoms with Crippen LogP contribution in [-0.2, 0) is 18.6 Å². The molecule has 2 unspecified atom stereocenters. The molecule has 0 aliphatic carbocycles. The topological polar surface area (TPSA) is 73.9 Å². The summed E-state index contributed by atoms with van der Waals surface area (Å²) < 4.78 is 29.1. The molecule has 1 aromatic carbocycles. The third-order valence-electron chi connectivity index (χ3n) is 2.78. The molecule has 0 aliphatic heterocycles. The summed E-state index contributed by atoms with van der Waals surface area (Å²) >= 11 is 0. The number of methoxy groups -OCH3 is 1. The molecule has 0 aromatic heterocycles. The Morgan fingerprint density at radius 1 is 1.17 bits per heavy atom. The zero-order valence-corrected chi connectivity index (χ0v) is 15.4. The molecule has 0 saturated carbocycles. The minimum absolute atomic E-state index is 0.154. The average molecular weight is 343 g/mol. The fourth-order valence-corrected chi connectivity index (χ4v) is 3.83. The van der Waals surface area contributed by atoms with Gasteiger partial charge in [-0.15, -0.1) is 0 Å². The van der Waals surface area contributed by atoms with Crippen LogP contribution in [0.3, 0.4) is 0 Å². The van der Waals surface area contributed by atoms with Gasteiger partial charge in [0.05, 0.1) is 12.7 Å². The second kappa shape index (κ2) is 7.95. The van der Waals surface area contributed by atoms with Gasteiger partial charge in [0.15, 0.2) is 0 Å². The van der Waals surface area contributed by atoms with Gasteiger partial charge in [-0.2, -0.15) is 5.09 Å². The second-order valence-electron chi connectivity index (χ2n) is 6.48. The van der Waals surface area contributed by atoms with Crippen molar-refractivity contribution in [3.63, 3.8) is 0 Å². The first-order valence-corrected chi connectivity index (χ1v) is 9.01. The number of nitrogens with one attached hydrogen (secondary N) is 1. The molecule has 2 atom stereocenters. The van der Waals surface area contributed by atoms with Crippen LogP contribution in [0.4, 0.5) is 0 Å². The second-order valence-corrected chi connectivity index (χ2v) is 8.10. The smallest absolute Gasteiger partial charge is 0.459 e. The van der Waals surface area contributed by atoms with E-state index < -0.39 is 25.4 Å². The van der Waals surface area contributed by atoms with E-state index in [1.54, 1.807) is 45.0 Å². The number of rotatable bonds is 7. The summed E-state index contributed by atoms with van der Waals surface area (Å²) in [6.07, 6.45) is 0. The van der Waals surface area contributed by atoms with Gasteiger partial charge in [0.25, 0.3) is 0 Å². The first-order chi connectivity index (χ1) is 10.6. The Morgan fingerprint density at radius 2 is 1.74 bits per heavy atom. The van der Waals surface area contributed by atoms with Gasteiger partial charge in [-0.1, -0.05) is 32.0 Å². The lowest BCUT2D eigenvalue weighted by Crippen LogP contribution is -2.42. The van der Waals surface area contributed by atoms with E-state index in [0.717, 1.165) is 0 Å². The highest BCUT2D eigenvalue weighted by molar-refractivity contribution is 7.52. The Morgan fingerprint density at radius 3 is 2.17 bits per heavy atom. The molecule has 1 N–H and O–H groups in total. The van der Waals surface area contributed by atoms with Crippen molar-refractivity contribution in [2.75, 3.05) is 7.11 Å². The molecule has 7 heteroatoms. The number of carbonyl (C=O) groups is 1. The predicted molar refractivity (Wildman–Crippen MR) is 89.3 cm³/mol. The van der Waals surface area contributed by atoms with E-state index >= 15 is 0 Å². The average Bonchev–Trinajstić information content (AvgIpc) is 2.42. The number of ether oxygens (including phenoxy) is 1. The molecule has 0 bridgehead atoms. The molecule has 1 rings (SSSR count). The summed E-state index contributed by atoms with van der Waals surface area (Å²) in [5, 5.41) is 2.72. The van der Waals surface area contributed by atoms with Crippen LogP contribution in [0.1, 0.15) is 34.6 Å². The van der Waals surface area contributed by atoms with Crippen molar-refractivity contribution in [1.29, 1.82) is 0 Å². The highest BCUT2D eigenvalue weighted by atomic mass is 31.2. The quantitative estimate of drug-likeness (QED) is 0.600. The van der Waals surface area contributed by atoms with Gasteiger partial charge in [0, 0.05) is 0 Å². The Labute approximate surface area is 138 Å². The van der Waals surface area contributed by atoms with Gasteiger partial charge in [0.2, 0.25) is 0 Å². The van der Waals surface area contributed by atoms with Crippen LogP contribution < -0.4 is 9.61 Å². The summed E-state index contributed by atoms with van der Waals surface area (Å²) in [4.78, 5) is 11.9. The van der Waals surface area contributed by atoms with Gasteiger partial charge in [-0.25, -0.2) is 4.57 Å². The Balaban J connectivity index is 3.08. The lowest BCUT2D eigenvalue weighted by molar-refractivity contribution is -0.143. The molecule has 0 aliphatic rings. The maximum Gasteiger partial charge on any atom is 0.459 e. The Bertz CT molecular complexity index is 553. The van der Waals surface area contributed by atoms with Gasteiger partial charge in [-0.05, 0) is 38.8 Å². The lowest BCUT2D eigenvalue weighted by Gasteiger charge is -2.30. The molecule has 23 heavy (non-hydrogen) atoms. The van der Waals surface area contributed by atoms with Crippen LogP contribution in [0.5, 0.6) is 5.75 Å². The van der Waals surface area contributed by atoms with Gasteiger partial charge >= 0.3 is 13.7 Å². The van der Waals surface area contributed by atoms with Crippen LogP contribution in [0.2, 0.25) is 0 Å². The van der Waals surface area contributed by atoms with Crippen LogP contribution in [-0.4, -0.2) is 24.7 Å². The predicted octanol–water partition coefficient (Wildman–Crippen LogP) is 3.78. The molecule has 0 fully saturated rings. The zero-order chi connectivity index (χ0) is 17.7. The van der Waals surface area contributed by atoms with E-state index in [4.69, 9.17) is 13.8 Å². The highest BCUT2D eigenvalue weighted by Crippen LogP contribution is 2.48. The van der Waals surface area contributed by atoms with Crippen LogP contribution in [0.25, 0.3) is 0 Å². The lowest BCUT2D eigenvalue weighted by atomic mass is 10.1. The molecular weight excluding hydrogens is 317 g/mol. The third-order valence-corrected chi connectivity index (χ3v) is 4.62. The molecule has 0 amide bonds. The normalized spacial score (nSPS) is 15.8. The molecular formula is C16H26NO5P. The fraction of sp³-hybridized carbons (Fsp3) is 0.562. The van der Waals surface area contributed by atoms with Crippen molar-refractivity contribution in [2.24, 2.45) is 5.92 Å². The molecule has 0 spiro atoms. The monoisotopic (exact) mass is 343 g/mol. The molecule has 0 radical (unpaired) electrons. The van der Waals surface area contributed by atoms with Gasteiger partial charge < -0.3 is 9.26 Å². The summed E-state index contributed by atoms with van der Waals surface area (Å²) in [5.74, 6) is -0.284. The maximum atomic E-state index is 13.2. The SMILES string of the molecule is COC(=O)C(NP(=O)(Oc1ccccc1)OC(C)(C)C)C(C)C. The summed E-state index contributed by atoms with van der Waals surface area (Å²) in [5.41, 5.74) is -0.727. The Hall–Kier alpha value is -1.36. The van der Waals surface area contributed by atoms with E-state index in [1.807, 2.05) is 19.9 Å². The van der Waals surface area contributed by atoms with Crippen LogP contribution in [0, 0.1) is 5.92 Å². The van der Waals surface area contributed by atoms with Crippen LogP contribution in [0.15, 0.2) is 30.3 Å². The number of benzene rings is 1. The van der Waals surface area contributed by atoms with Crippen molar-refractivity contribution in [2.45, 2.75) is 46.3 Å². The Kier molecular flexibility index (Phi) is 6.81. The molecule has 1 aromatic rings. The zero-order valence-electron chi connectivity index (χ0n) is 14.5. The molecule has 0 heterocycles. The molecule has 6 nitrogen and oxygen atoms in total. The summed E-state index contributed by atoms with van der Waals surface area (Å²) in [6, 6.07) is 7.87. The van der Waals surface area contributed by atoms with Crippen molar-refractivity contribution in [3.8, 4) is 5.75 Å². The minimum atomic E-state index is -3.79. The van der Waals surface area contributed by atoms with Crippen LogP contribution >= 0.6 is 7.75 Å². The van der Waals surface area contributed by atoms with E-state index in [-0.39, 0.29) is 5.92 Å². The van der Waals surface area contributed by atoms with E-state index in [2.05, 4.69) is 5.09 Å². The number of hydrogen-bond donors (Lipinski definition) is 1. The molecule has 0 saturated heterocycles. The number of para-hydroxylation sites is 1. The summed E-state index contributed by atoms with van der Waals surface area (Å²) in [6.45, 7) is 8.92. The van der Waals surface area contributed by atoms with Crippen molar-refractivity contribution in [3.05, 3.63) is 30.3 Å². The maximum absolute atomic E-state index is 13.2. The van der Waals surface area contributed by atoms with Crippen molar-refractivity contribution >= 4 is 13.7 Å². The van der Waals surface area contributed by atoms with E-state index in [0.29, 0.717) is 5.75 Å². The number of esters is 1.